The van der Waals surface area contributed by atoms with Gasteiger partial charge in [-0.05, 0) is 19.8 Å². The van der Waals surface area contributed by atoms with Crippen molar-refractivity contribution in [1.82, 2.24) is 5.32 Å². The third-order valence-corrected chi connectivity index (χ3v) is 3.29. The summed E-state index contributed by atoms with van der Waals surface area (Å²) in [6, 6.07) is 0. The average molecular weight is 328 g/mol. The highest BCUT2D eigenvalue weighted by molar-refractivity contribution is 5.95. The summed E-state index contributed by atoms with van der Waals surface area (Å²) in [5.74, 6) is 0.984. The minimum Gasteiger partial charge on any atom is -0.355 e. The van der Waals surface area contributed by atoms with Crippen molar-refractivity contribution >= 4 is 5.91 Å². The molecule has 0 atom stereocenters. The summed E-state index contributed by atoms with van der Waals surface area (Å²) >= 11 is 0. The maximum Gasteiger partial charge on any atom is 0.250 e. The first-order valence-electron chi connectivity index (χ1n) is 9.58. The summed E-state index contributed by atoms with van der Waals surface area (Å²) in [6.07, 6.45) is 15.6. The molecule has 2 heteroatoms. The van der Waals surface area contributed by atoms with Crippen molar-refractivity contribution in [2.75, 3.05) is 7.05 Å². The molecule has 0 radical (unpaired) electrons. The van der Waals surface area contributed by atoms with Crippen LogP contribution in [0.1, 0.15) is 94.8 Å². The molecule has 2 nitrogen and oxygen atoms in total. The predicted molar refractivity (Wildman–Crippen MR) is 109 cm³/mol. The Morgan fingerprint density at radius 3 is 1.83 bits per heavy atom. The van der Waals surface area contributed by atoms with Gasteiger partial charge in [0.25, 0.3) is 5.91 Å². The summed E-state index contributed by atoms with van der Waals surface area (Å²) in [5, 5.41) is 2.54. The molecule has 0 bridgehead atoms. The normalized spacial score (nSPS) is 15.0. The lowest BCUT2D eigenvalue weighted by Gasteiger charge is -2.02. The summed E-state index contributed by atoms with van der Waals surface area (Å²) in [7, 11) is 1.62. The number of nitrogens with one attached hydrogen (secondary N) is 1. The van der Waals surface area contributed by atoms with E-state index >= 15 is 0 Å². The van der Waals surface area contributed by atoms with Crippen LogP contribution in [0, 0.1) is 5.92 Å². The molecule has 0 aromatic heterocycles. The summed E-state index contributed by atoms with van der Waals surface area (Å²) in [4.78, 5) is 10.9. The molecule has 0 aromatic rings. The number of carbonyl (C=O) groups is 1. The number of hydrogen-bond acceptors (Lipinski definition) is 1. The quantitative estimate of drug-likeness (QED) is 0.333. The maximum atomic E-state index is 10.9. The molecule has 1 aliphatic carbocycles. The van der Waals surface area contributed by atoms with Crippen molar-refractivity contribution in [2.24, 2.45) is 5.92 Å². The Kier molecular flexibility index (Phi) is 27.1. The van der Waals surface area contributed by atoms with Crippen LogP contribution in [0.3, 0.4) is 0 Å². The van der Waals surface area contributed by atoms with E-state index in [1.165, 1.54) is 44.9 Å². The number of hydrogen-bond donors (Lipinski definition) is 1. The van der Waals surface area contributed by atoms with Gasteiger partial charge in [0.15, 0.2) is 0 Å². The summed E-state index contributed by atoms with van der Waals surface area (Å²) in [6.45, 7) is 14.3. The molecule has 1 rings (SSSR count). The van der Waals surface area contributed by atoms with Crippen LogP contribution in [0.25, 0.3) is 0 Å². The third kappa shape index (κ3) is 21.0. The zero-order valence-corrected chi connectivity index (χ0v) is 17.2. The Hall–Kier alpha value is -1.05. The highest BCUT2D eigenvalue weighted by Crippen LogP contribution is 2.21. The van der Waals surface area contributed by atoms with Crippen LogP contribution in [0.2, 0.25) is 0 Å². The Morgan fingerprint density at radius 1 is 1.09 bits per heavy atom. The first-order chi connectivity index (χ1) is 11.1. The molecular formula is C21H45NO. The van der Waals surface area contributed by atoms with Crippen LogP contribution in [-0.4, -0.2) is 13.0 Å². The first kappa shape index (κ1) is 26.8. The van der Waals surface area contributed by atoms with Gasteiger partial charge < -0.3 is 5.32 Å². The van der Waals surface area contributed by atoms with E-state index < -0.39 is 0 Å². The molecule has 140 valence electrons. The van der Waals surface area contributed by atoms with Gasteiger partial charge in [-0.25, -0.2) is 0 Å². The van der Waals surface area contributed by atoms with Gasteiger partial charge in [0.1, 0.15) is 0 Å². The highest BCUT2D eigenvalue weighted by atomic mass is 16.1. The van der Waals surface area contributed by atoms with Crippen LogP contribution in [0.5, 0.6) is 0 Å². The smallest absolute Gasteiger partial charge is 0.250 e. The standard InChI is InChI=1S/C8H13NO.C8H16.C3H8.C2H6.H2/c1-4-6-7(5-2)8(10)9-3;1-8-6-4-2-3-5-7-8;1-3-2;1-2;/h4-6H,1-3H3,(H,9,10);8H,2-7H2,1H3;3H2,1-2H3;1-2H3;1H/b6-4-,7-5+;;;;. The molecule has 0 heterocycles. The second-order valence-electron chi connectivity index (χ2n) is 5.63. The molecule has 0 aliphatic heterocycles. The fourth-order valence-corrected chi connectivity index (χ4v) is 2.11. The number of likely N-dealkylation sites (N-methyl/N-ethyl adjacent to an activating group) is 1. The molecule has 0 spiro atoms. The zero-order chi connectivity index (χ0) is 18.5. The van der Waals surface area contributed by atoms with Crippen molar-refractivity contribution in [3.05, 3.63) is 23.8 Å². The zero-order valence-electron chi connectivity index (χ0n) is 17.2. The Bertz CT molecular complexity index is 290. The molecule has 0 aromatic carbocycles. The van der Waals surface area contributed by atoms with Gasteiger partial charge in [-0.3, -0.25) is 4.79 Å². The van der Waals surface area contributed by atoms with E-state index in [0.29, 0.717) is 5.57 Å². The predicted octanol–water partition coefficient (Wildman–Crippen LogP) is 6.92. The molecule has 1 aliphatic rings. The van der Waals surface area contributed by atoms with E-state index in [1.807, 2.05) is 33.8 Å². The highest BCUT2D eigenvalue weighted by Gasteiger charge is 2.05. The topological polar surface area (TPSA) is 29.1 Å². The van der Waals surface area contributed by atoms with Crippen molar-refractivity contribution in [3.63, 3.8) is 0 Å². The van der Waals surface area contributed by atoms with Gasteiger partial charge in [0.05, 0.1) is 0 Å². The average Bonchev–Trinajstić information content (AvgIpc) is 2.82. The van der Waals surface area contributed by atoms with E-state index in [4.69, 9.17) is 0 Å². The van der Waals surface area contributed by atoms with Crippen LogP contribution < -0.4 is 5.32 Å². The Morgan fingerprint density at radius 2 is 1.52 bits per heavy atom. The van der Waals surface area contributed by atoms with Crippen LogP contribution in [-0.2, 0) is 4.79 Å². The summed E-state index contributed by atoms with van der Waals surface area (Å²) in [5.41, 5.74) is 0.699. The summed E-state index contributed by atoms with van der Waals surface area (Å²) < 4.78 is 0. The van der Waals surface area contributed by atoms with Crippen LogP contribution in [0.4, 0.5) is 0 Å². The van der Waals surface area contributed by atoms with Gasteiger partial charge in [-0.2, -0.15) is 0 Å². The van der Waals surface area contributed by atoms with E-state index in [9.17, 15) is 4.79 Å². The van der Waals surface area contributed by atoms with Crippen molar-refractivity contribution in [3.8, 4) is 0 Å². The molecule has 1 fully saturated rings. The minimum absolute atomic E-state index is 0. The Labute approximate surface area is 148 Å². The monoisotopic (exact) mass is 327 g/mol. The van der Waals surface area contributed by atoms with Gasteiger partial charge >= 0.3 is 0 Å². The molecule has 0 saturated heterocycles. The maximum absolute atomic E-state index is 10.9. The number of rotatable bonds is 2. The lowest BCUT2D eigenvalue weighted by atomic mass is 10.0. The van der Waals surface area contributed by atoms with Crippen molar-refractivity contribution in [2.45, 2.75) is 93.4 Å². The second-order valence-corrected chi connectivity index (χ2v) is 5.63. The van der Waals surface area contributed by atoms with Crippen molar-refractivity contribution in [1.29, 1.82) is 0 Å². The first-order valence-corrected chi connectivity index (χ1v) is 9.58. The lowest BCUT2D eigenvalue weighted by Crippen LogP contribution is -2.18. The fourth-order valence-electron chi connectivity index (χ4n) is 2.11. The van der Waals surface area contributed by atoms with E-state index in [0.717, 1.165) is 5.92 Å². The van der Waals surface area contributed by atoms with E-state index in [2.05, 4.69) is 26.1 Å². The van der Waals surface area contributed by atoms with Crippen LogP contribution >= 0.6 is 0 Å². The molecule has 1 saturated carbocycles. The molecule has 1 N–H and O–H groups in total. The lowest BCUT2D eigenvalue weighted by molar-refractivity contribution is -0.116. The van der Waals surface area contributed by atoms with Gasteiger partial charge in [-0.1, -0.05) is 97.8 Å². The third-order valence-electron chi connectivity index (χ3n) is 3.29. The number of allylic oxidation sites excluding steroid dienone is 2. The molecule has 23 heavy (non-hydrogen) atoms. The number of amides is 1. The van der Waals surface area contributed by atoms with E-state index in [1.54, 1.807) is 19.2 Å². The largest absolute Gasteiger partial charge is 0.355 e. The second kappa shape index (κ2) is 23.2. The van der Waals surface area contributed by atoms with Crippen molar-refractivity contribution < 1.29 is 6.22 Å². The van der Waals surface area contributed by atoms with Crippen LogP contribution in [0.15, 0.2) is 23.8 Å². The fraction of sp³-hybridized carbons (Fsp3) is 0.762. The Balaban J connectivity index is -0.000000128. The van der Waals surface area contributed by atoms with Gasteiger partial charge in [-0.15, -0.1) is 0 Å². The van der Waals surface area contributed by atoms with E-state index in [-0.39, 0.29) is 7.33 Å². The van der Waals surface area contributed by atoms with Gasteiger partial charge in [0.2, 0.25) is 0 Å². The SMILES string of the molecule is C/C=C\C(=C/C)C(=O)NC.CC.CC1CCCCCC1.CCC.[HH]. The number of carbonyl (C=O) groups excluding carboxylic acids is 1. The molecule has 0 unspecified atom stereocenters. The molecular weight excluding hydrogens is 282 g/mol. The van der Waals surface area contributed by atoms with Gasteiger partial charge in [0, 0.05) is 14.0 Å². The minimum atomic E-state index is -0.0411. The molecule has 1 amide bonds.